The van der Waals surface area contributed by atoms with Gasteiger partial charge >= 0.3 is 0 Å². The van der Waals surface area contributed by atoms with Crippen LogP contribution >= 0.6 is 11.6 Å². The lowest BCUT2D eigenvalue weighted by atomic mass is 10.2. The Hall–Kier alpha value is -2.34. The number of anilines is 1. The minimum atomic E-state index is -0.528. The summed E-state index contributed by atoms with van der Waals surface area (Å²) >= 11 is 5.71. The Bertz CT molecular complexity index is 602. The van der Waals surface area contributed by atoms with Crippen molar-refractivity contribution in [3.8, 4) is 5.75 Å². The standard InChI is InChI=1S/C12H10ClN3O3/c13-11-5-9(16(18)19)6-12(15-11)14-7-8-1-3-10(17)4-2-8/h1-6,17H,7H2,(H,14,15). The van der Waals surface area contributed by atoms with Crippen LogP contribution in [0.3, 0.4) is 0 Å². The summed E-state index contributed by atoms with van der Waals surface area (Å²) in [6.45, 7) is 0.421. The number of rotatable bonds is 4. The summed E-state index contributed by atoms with van der Waals surface area (Å²) in [5.41, 5.74) is 0.787. The van der Waals surface area contributed by atoms with E-state index in [1.165, 1.54) is 12.1 Å². The van der Waals surface area contributed by atoms with Crippen LogP contribution in [0.15, 0.2) is 36.4 Å². The highest BCUT2D eigenvalue weighted by atomic mass is 35.5. The van der Waals surface area contributed by atoms with Crippen molar-refractivity contribution in [2.75, 3.05) is 5.32 Å². The lowest BCUT2D eigenvalue weighted by Crippen LogP contribution is -2.02. The average molecular weight is 280 g/mol. The van der Waals surface area contributed by atoms with Gasteiger partial charge in [0.1, 0.15) is 16.7 Å². The number of aromatic hydroxyl groups is 1. The van der Waals surface area contributed by atoms with Crippen molar-refractivity contribution in [1.29, 1.82) is 0 Å². The molecule has 0 amide bonds. The van der Waals surface area contributed by atoms with Gasteiger partial charge in [-0.1, -0.05) is 23.7 Å². The molecule has 0 atom stereocenters. The van der Waals surface area contributed by atoms with Crippen LogP contribution in [0.5, 0.6) is 5.75 Å². The van der Waals surface area contributed by atoms with E-state index < -0.39 is 4.92 Å². The Kier molecular flexibility index (Phi) is 3.82. The molecule has 0 unspecified atom stereocenters. The van der Waals surface area contributed by atoms with E-state index in [1.54, 1.807) is 24.3 Å². The summed E-state index contributed by atoms with van der Waals surface area (Å²) in [5.74, 6) is 0.507. The topological polar surface area (TPSA) is 88.3 Å². The average Bonchev–Trinajstić information content (AvgIpc) is 2.37. The third kappa shape index (κ3) is 3.56. The molecule has 0 bridgehead atoms. The molecule has 0 fully saturated rings. The minimum Gasteiger partial charge on any atom is -0.508 e. The van der Waals surface area contributed by atoms with Gasteiger partial charge in [0.15, 0.2) is 0 Å². The van der Waals surface area contributed by atoms with Crippen LogP contribution in [0.4, 0.5) is 11.5 Å². The van der Waals surface area contributed by atoms with Gasteiger partial charge in [-0.05, 0) is 17.7 Å². The lowest BCUT2D eigenvalue weighted by Gasteiger charge is -2.06. The van der Waals surface area contributed by atoms with Crippen LogP contribution in [0.2, 0.25) is 5.15 Å². The summed E-state index contributed by atoms with van der Waals surface area (Å²) in [5, 5.41) is 22.8. The van der Waals surface area contributed by atoms with Gasteiger partial charge in [-0.3, -0.25) is 10.1 Å². The van der Waals surface area contributed by atoms with Crippen molar-refractivity contribution >= 4 is 23.1 Å². The third-order valence-electron chi connectivity index (χ3n) is 2.40. The van der Waals surface area contributed by atoms with Crippen molar-refractivity contribution < 1.29 is 10.0 Å². The van der Waals surface area contributed by atoms with E-state index in [4.69, 9.17) is 16.7 Å². The summed E-state index contributed by atoms with van der Waals surface area (Å²) in [6, 6.07) is 9.10. The van der Waals surface area contributed by atoms with Crippen molar-refractivity contribution in [2.45, 2.75) is 6.54 Å². The van der Waals surface area contributed by atoms with Crippen molar-refractivity contribution in [3.63, 3.8) is 0 Å². The van der Waals surface area contributed by atoms with Gasteiger partial charge in [0.25, 0.3) is 5.69 Å². The molecule has 98 valence electrons. The van der Waals surface area contributed by atoms with Crippen LogP contribution < -0.4 is 5.32 Å². The molecule has 0 aliphatic carbocycles. The van der Waals surface area contributed by atoms with Crippen LogP contribution in [-0.2, 0) is 6.54 Å². The van der Waals surface area contributed by atoms with Crippen LogP contribution in [0.25, 0.3) is 0 Å². The molecular formula is C12H10ClN3O3. The van der Waals surface area contributed by atoms with Gasteiger partial charge in [0, 0.05) is 6.54 Å². The maximum atomic E-state index is 10.7. The molecule has 0 aliphatic heterocycles. The molecule has 1 aromatic heterocycles. The number of hydrogen-bond acceptors (Lipinski definition) is 5. The summed E-state index contributed by atoms with van der Waals surface area (Å²) < 4.78 is 0. The van der Waals surface area contributed by atoms with Crippen LogP contribution in [-0.4, -0.2) is 15.0 Å². The van der Waals surface area contributed by atoms with E-state index in [9.17, 15) is 10.1 Å². The number of halogens is 1. The van der Waals surface area contributed by atoms with E-state index in [1.807, 2.05) is 0 Å². The predicted octanol–water partition coefficient (Wildman–Crippen LogP) is 2.96. The molecule has 0 saturated heterocycles. The van der Waals surface area contributed by atoms with Gasteiger partial charge in [-0.25, -0.2) is 4.98 Å². The zero-order chi connectivity index (χ0) is 13.8. The van der Waals surface area contributed by atoms with E-state index in [0.29, 0.717) is 12.4 Å². The summed E-state index contributed by atoms with van der Waals surface area (Å²) in [4.78, 5) is 14.1. The zero-order valence-corrected chi connectivity index (χ0v) is 10.5. The molecule has 2 aromatic rings. The fourth-order valence-corrected chi connectivity index (χ4v) is 1.69. The number of phenols is 1. The maximum absolute atomic E-state index is 10.7. The second-order valence-electron chi connectivity index (χ2n) is 3.81. The molecule has 0 spiro atoms. The maximum Gasteiger partial charge on any atom is 0.276 e. The lowest BCUT2D eigenvalue weighted by molar-refractivity contribution is -0.384. The fourth-order valence-electron chi connectivity index (χ4n) is 1.49. The molecule has 7 heteroatoms. The summed E-state index contributed by atoms with van der Waals surface area (Å²) in [7, 11) is 0. The first-order valence-electron chi connectivity index (χ1n) is 5.38. The number of pyridine rings is 1. The van der Waals surface area contributed by atoms with Crippen molar-refractivity contribution in [1.82, 2.24) is 4.98 Å². The van der Waals surface area contributed by atoms with Crippen molar-refractivity contribution in [3.05, 3.63) is 57.2 Å². The van der Waals surface area contributed by atoms with E-state index in [0.717, 1.165) is 5.56 Å². The highest BCUT2D eigenvalue weighted by Gasteiger charge is 2.09. The Balaban J connectivity index is 2.11. The molecule has 0 aliphatic rings. The van der Waals surface area contributed by atoms with Crippen LogP contribution in [0, 0.1) is 10.1 Å². The highest BCUT2D eigenvalue weighted by molar-refractivity contribution is 6.29. The minimum absolute atomic E-state index is 0.0578. The van der Waals surface area contributed by atoms with Crippen LogP contribution in [0.1, 0.15) is 5.56 Å². The molecule has 2 N–H and O–H groups in total. The molecule has 1 heterocycles. The largest absolute Gasteiger partial charge is 0.508 e. The molecular weight excluding hydrogens is 270 g/mol. The Morgan fingerprint density at radius 2 is 2.00 bits per heavy atom. The first-order valence-corrected chi connectivity index (χ1v) is 5.76. The smallest absolute Gasteiger partial charge is 0.276 e. The normalized spacial score (nSPS) is 10.2. The van der Waals surface area contributed by atoms with Gasteiger partial charge in [0.05, 0.1) is 17.1 Å². The Morgan fingerprint density at radius 3 is 2.63 bits per heavy atom. The molecule has 0 saturated carbocycles. The number of nitrogens with zero attached hydrogens (tertiary/aromatic N) is 2. The SMILES string of the molecule is O=[N+]([O-])c1cc(Cl)nc(NCc2ccc(O)cc2)c1. The fraction of sp³-hybridized carbons (Fsp3) is 0.0833. The first-order chi connectivity index (χ1) is 9.04. The number of phenolic OH excluding ortho intramolecular Hbond substituents is 1. The molecule has 0 radical (unpaired) electrons. The zero-order valence-electron chi connectivity index (χ0n) is 9.71. The quantitative estimate of drug-likeness (QED) is 0.510. The Labute approximate surface area is 113 Å². The number of aromatic nitrogens is 1. The van der Waals surface area contributed by atoms with Gasteiger partial charge in [0.2, 0.25) is 0 Å². The molecule has 19 heavy (non-hydrogen) atoms. The second-order valence-corrected chi connectivity index (χ2v) is 4.20. The van der Waals surface area contributed by atoms with Gasteiger partial charge in [-0.2, -0.15) is 0 Å². The monoisotopic (exact) mass is 279 g/mol. The number of nitrogens with one attached hydrogen (secondary N) is 1. The third-order valence-corrected chi connectivity index (χ3v) is 2.59. The number of nitro groups is 1. The second kappa shape index (κ2) is 5.53. The van der Waals surface area contributed by atoms with Gasteiger partial charge in [-0.15, -0.1) is 0 Å². The predicted molar refractivity (Wildman–Crippen MR) is 71.3 cm³/mol. The van der Waals surface area contributed by atoms with E-state index in [-0.39, 0.29) is 16.6 Å². The van der Waals surface area contributed by atoms with Crippen molar-refractivity contribution in [2.24, 2.45) is 0 Å². The van der Waals surface area contributed by atoms with E-state index >= 15 is 0 Å². The molecule has 1 aromatic carbocycles. The number of hydrogen-bond donors (Lipinski definition) is 2. The Morgan fingerprint density at radius 1 is 1.32 bits per heavy atom. The summed E-state index contributed by atoms with van der Waals surface area (Å²) in [6.07, 6.45) is 0. The van der Waals surface area contributed by atoms with Gasteiger partial charge < -0.3 is 10.4 Å². The molecule has 6 nitrogen and oxygen atoms in total. The number of benzene rings is 1. The highest BCUT2D eigenvalue weighted by Crippen LogP contribution is 2.21. The molecule has 2 rings (SSSR count). The first kappa shape index (κ1) is 13.1. The van der Waals surface area contributed by atoms with E-state index in [2.05, 4.69) is 10.3 Å².